The molecule has 0 saturated heterocycles. The van der Waals surface area contributed by atoms with Crippen LogP contribution in [0.2, 0.25) is 0 Å². The van der Waals surface area contributed by atoms with E-state index in [1.807, 2.05) is 0 Å². The first-order valence-electron chi connectivity index (χ1n) is 5.51. The van der Waals surface area contributed by atoms with Gasteiger partial charge in [0.1, 0.15) is 17.2 Å². The number of rotatable bonds is 2. The van der Waals surface area contributed by atoms with Gasteiger partial charge in [0.25, 0.3) is 5.56 Å². The minimum atomic E-state index is -1.34. The van der Waals surface area contributed by atoms with Gasteiger partial charge in [0.05, 0.1) is 5.69 Å². The lowest BCUT2D eigenvalue weighted by Crippen LogP contribution is -2.21. The average Bonchev–Trinajstić information content (AvgIpc) is 2.30. The van der Waals surface area contributed by atoms with Crippen molar-refractivity contribution in [3.05, 3.63) is 51.2 Å². The van der Waals surface area contributed by atoms with Crippen molar-refractivity contribution in [1.29, 1.82) is 0 Å². The third kappa shape index (κ3) is 2.37. The van der Waals surface area contributed by atoms with Crippen LogP contribution in [0.1, 0.15) is 21.6 Å². The van der Waals surface area contributed by atoms with Gasteiger partial charge in [-0.25, -0.2) is 14.2 Å². The zero-order valence-corrected chi connectivity index (χ0v) is 10.3. The number of carbonyl (C=O) groups is 1. The topological polar surface area (TPSA) is 83.0 Å². The van der Waals surface area contributed by atoms with E-state index in [0.717, 1.165) is 5.56 Å². The summed E-state index contributed by atoms with van der Waals surface area (Å²) in [6, 6.07) is 4.11. The Kier molecular flexibility index (Phi) is 3.16. The van der Waals surface area contributed by atoms with Crippen LogP contribution in [0.4, 0.5) is 4.39 Å². The minimum absolute atomic E-state index is 0.0925. The van der Waals surface area contributed by atoms with E-state index in [9.17, 15) is 14.0 Å². The van der Waals surface area contributed by atoms with Crippen molar-refractivity contribution in [3.8, 4) is 11.4 Å². The van der Waals surface area contributed by atoms with Gasteiger partial charge in [0, 0.05) is 5.56 Å². The number of aromatic nitrogens is 2. The molecule has 0 bridgehead atoms. The van der Waals surface area contributed by atoms with E-state index < -0.39 is 22.9 Å². The van der Waals surface area contributed by atoms with Gasteiger partial charge in [-0.3, -0.25) is 4.79 Å². The van der Waals surface area contributed by atoms with Gasteiger partial charge < -0.3 is 10.1 Å². The smallest absolute Gasteiger partial charge is 0.343 e. The molecule has 1 aromatic carbocycles. The number of carboxylic acid groups (broad SMARTS) is 1. The first-order chi connectivity index (χ1) is 8.90. The lowest BCUT2D eigenvalue weighted by molar-refractivity contribution is 0.0693. The van der Waals surface area contributed by atoms with E-state index in [0.29, 0.717) is 5.56 Å². The molecule has 5 nitrogen and oxygen atoms in total. The van der Waals surface area contributed by atoms with E-state index in [-0.39, 0.29) is 11.5 Å². The van der Waals surface area contributed by atoms with Gasteiger partial charge in [-0.05, 0) is 31.5 Å². The standard InChI is InChI=1S/C13H11FN2O3/c1-6-3-4-8(14)5-9(6)11-15-7(2)10(13(18)19)12(17)16-11/h3-5H,1-2H3,(H,18,19)(H,15,16,17). The Labute approximate surface area is 107 Å². The van der Waals surface area contributed by atoms with E-state index in [4.69, 9.17) is 5.11 Å². The number of nitrogens with zero attached hydrogens (tertiary/aromatic N) is 1. The summed E-state index contributed by atoms with van der Waals surface area (Å²) >= 11 is 0. The molecule has 0 fully saturated rings. The van der Waals surface area contributed by atoms with Crippen LogP contribution in [0.3, 0.4) is 0 Å². The largest absolute Gasteiger partial charge is 0.477 e. The molecule has 2 aromatic rings. The third-order valence-corrected chi connectivity index (χ3v) is 2.77. The molecule has 0 saturated carbocycles. The number of hydrogen-bond acceptors (Lipinski definition) is 3. The Morgan fingerprint density at radius 3 is 2.63 bits per heavy atom. The molecule has 0 aliphatic heterocycles. The molecule has 0 aliphatic carbocycles. The normalized spacial score (nSPS) is 10.5. The fourth-order valence-corrected chi connectivity index (χ4v) is 1.81. The summed E-state index contributed by atoms with van der Waals surface area (Å²) < 4.78 is 13.2. The predicted molar refractivity (Wildman–Crippen MR) is 66.7 cm³/mol. The first kappa shape index (κ1) is 12.9. The summed E-state index contributed by atoms with van der Waals surface area (Å²) in [6.07, 6.45) is 0. The van der Waals surface area contributed by atoms with E-state index in [1.54, 1.807) is 13.0 Å². The number of aromatic carboxylic acids is 1. The molecule has 1 heterocycles. The van der Waals surface area contributed by atoms with Crippen LogP contribution < -0.4 is 5.56 Å². The molecule has 0 unspecified atom stereocenters. The molecule has 0 radical (unpaired) electrons. The fraction of sp³-hybridized carbons (Fsp3) is 0.154. The monoisotopic (exact) mass is 262 g/mol. The maximum absolute atomic E-state index is 13.2. The molecular weight excluding hydrogens is 251 g/mol. The molecule has 0 atom stereocenters. The van der Waals surface area contributed by atoms with Gasteiger partial charge in [-0.2, -0.15) is 0 Å². The molecule has 0 aliphatic rings. The number of H-pyrrole nitrogens is 1. The Morgan fingerprint density at radius 2 is 2.05 bits per heavy atom. The van der Waals surface area contributed by atoms with Crippen LogP contribution >= 0.6 is 0 Å². The Morgan fingerprint density at radius 1 is 1.37 bits per heavy atom. The first-order valence-corrected chi connectivity index (χ1v) is 5.51. The highest BCUT2D eigenvalue weighted by atomic mass is 19.1. The maximum Gasteiger partial charge on any atom is 0.343 e. The number of aryl methyl sites for hydroxylation is 2. The van der Waals surface area contributed by atoms with Crippen molar-refractivity contribution >= 4 is 5.97 Å². The minimum Gasteiger partial charge on any atom is -0.477 e. The third-order valence-electron chi connectivity index (χ3n) is 2.77. The highest BCUT2D eigenvalue weighted by Gasteiger charge is 2.16. The Hall–Kier alpha value is -2.50. The number of halogens is 1. The molecule has 0 spiro atoms. The molecule has 6 heteroatoms. The Bertz CT molecular complexity index is 722. The van der Waals surface area contributed by atoms with E-state index >= 15 is 0 Å². The van der Waals surface area contributed by atoms with Crippen LogP contribution in [-0.4, -0.2) is 21.0 Å². The molecule has 19 heavy (non-hydrogen) atoms. The molecule has 2 rings (SSSR count). The SMILES string of the molecule is Cc1ccc(F)cc1-c1nc(C)c(C(=O)O)c(=O)[nH]1. The van der Waals surface area contributed by atoms with Gasteiger partial charge in [0.15, 0.2) is 0 Å². The molecule has 2 N–H and O–H groups in total. The average molecular weight is 262 g/mol. The molecule has 1 aromatic heterocycles. The quantitative estimate of drug-likeness (QED) is 0.865. The number of carboxylic acids is 1. The van der Waals surface area contributed by atoms with Crippen LogP contribution in [0.25, 0.3) is 11.4 Å². The second-order valence-electron chi connectivity index (χ2n) is 4.14. The van der Waals surface area contributed by atoms with Gasteiger partial charge in [-0.15, -0.1) is 0 Å². The Balaban J connectivity index is 2.68. The number of benzene rings is 1. The van der Waals surface area contributed by atoms with Crippen molar-refractivity contribution in [2.75, 3.05) is 0 Å². The summed E-state index contributed by atoms with van der Waals surface area (Å²) in [4.78, 5) is 29.0. The maximum atomic E-state index is 13.2. The van der Waals surface area contributed by atoms with E-state index in [1.165, 1.54) is 19.1 Å². The van der Waals surface area contributed by atoms with Crippen molar-refractivity contribution in [2.24, 2.45) is 0 Å². The molecular formula is C13H11FN2O3. The summed E-state index contributed by atoms with van der Waals surface area (Å²) in [5.41, 5.74) is 0.0931. The number of aromatic amines is 1. The van der Waals surface area contributed by atoms with Crippen molar-refractivity contribution in [2.45, 2.75) is 13.8 Å². The van der Waals surface area contributed by atoms with Crippen molar-refractivity contribution in [3.63, 3.8) is 0 Å². The van der Waals surface area contributed by atoms with Crippen molar-refractivity contribution < 1.29 is 14.3 Å². The van der Waals surface area contributed by atoms with Crippen LogP contribution in [0, 0.1) is 19.7 Å². The van der Waals surface area contributed by atoms with Gasteiger partial charge in [-0.1, -0.05) is 6.07 Å². The van der Waals surface area contributed by atoms with Gasteiger partial charge >= 0.3 is 5.97 Å². The van der Waals surface area contributed by atoms with Crippen LogP contribution in [0.15, 0.2) is 23.0 Å². The summed E-state index contributed by atoms with van der Waals surface area (Å²) in [6.45, 7) is 3.17. The van der Waals surface area contributed by atoms with Crippen molar-refractivity contribution in [1.82, 2.24) is 9.97 Å². The highest BCUT2D eigenvalue weighted by Crippen LogP contribution is 2.20. The number of nitrogens with one attached hydrogen (secondary N) is 1. The summed E-state index contributed by atoms with van der Waals surface area (Å²) in [5.74, 6) is -1.64. The zero-order chi connectivity index (χ0) is 14.2. The lowest BCUT2D eigenvalue weighted by atomic mass is 10.1. The predicted octanol–water partition coefficient (Wildman–Crippen LogP) is 1.89. The highest BCUT2D eigenvalue weighted by molar-refractivity contribution is 5.88. The molecule has 98 valence electrons. The lowest BCUT2D eigenvalue weighted by Gasteiger charge is -2.07. The second kappa shape index (κ2) is 4.64. The summed E-state index contributed by atoms with van der Waals surface area (Å²) in [5, 5.41) is 8.89. The zero-order valence-electron chi connectivity index (χ0n) is 10.3. The van der Waals surface area contributed by atoms with Crippen LogP contribution in [0.5, 0.6) is 0 Å². The van der Waals surface area contributed by atoms with E-state index in [2.05, 4.69) is 9.97 Å². The fourth-order valence-electron chi connectivity index (χ4n) is 1.81. The number of hydrogen-bond donors (Lipinski definition) is 2. The van der Waals surface area contributed by atoms with Gasteiger partial charge in [0.2, 0.25) is 0 Å². The second-order valence-corrected chi connectivity index (χ2v) is 4.14. The molecule has 0 amide bonds. The van der Waals surface area contributed by atoms with Crippen LogP contribution in [-0.2, 0) is 0 Å². The summed E-state index contributed by atoms with van der Waals surface area (Å²) in [7, 11) is 0.